The van der Waals surface area contributed by atoms with Crippen LogP contribution in [0.5, 0.6) is 0 Å². The van der Waals surface area contributed by atoms with Crippen LogP contribution in [0.2, 0.25) is 0 Å². The molecule has 2 saturated carbocycles. The third-order valence-electron chi connectivity index (χ3n) is 9.58. The average Bonchev–Trinajstić information content (AvgIpc) is 3.59. The van der Waals surface area contributed by atoms with Gasteiger partial charge in [0.1, 0.15) is 6.17 Å². The minimum absolute atomic E-state index is 0.0971. The summed E-state index contributed by atoms with van der Waals surface area (Å²) in [6, 6.07) is 18.6. The predicted molar refractivity (Wildman–Crippen MR) is 144 cm³/mol. The van der Waals surface area contributed by atoms with Crippen LogP contribution >= 0.6 is 0 Å². The summed E-state index contributed by atoms with van der Waals surface area (Å²) >= 11 is 0. The average molecular weight is 455 g/mol. The topological polar surface area (TPSA) is 6.48 Å². The fraction of sp³-hybridized carbons (Fsp3) is 0.562. The second kappa shape index (κ2) is 7.90. The van der Waals surface area contributed by atoms with Gasteiger partial charge < -0.3 is 9.80 Å². The van der Waals surface area contributed by atoms with Gasteiger partial charge in [0.05, 0.1) is 5.70 Å². The summed E-state index contributed by atoms with van der Waals surface area (Å²) in [7, 11) is 0. The molecule has 0 amide bonds. The highest BCUT2D eigenvalue weighted by molar-refractivity contribution is 5.80. The van der Waals surface area contributed by atoms with Gasteiger partial charge in [-0.25, -0.2) is 0 Å². The maximum atomic E-state index is 2.83. The molecule has 1 atom stereocenters. The molecule has 2 nitrogen and oxygen atoms in total. The van der Waals surface area contributed by atoms with E-state index >= 15 is 0 Å². The standard InChI is InChI=1S/C32H42N2/c1-22-14-6-12-20-27(22)33-23(2)29-32(24-15-7-8-16-24,25-17-9-10-18-25)26-19-11-13-21-28(26)34(29)30(33)31(3,4)5/h6,11-14,19-21,24-25,30H,7-10,15-18H2,1-5H3. The van der Waals surface area contributed by atoms with E-state index in [0.29, 0.717) is 0 Å². The van der Waals surface area contributed by atoms with Gasteiger partial charge in [-0.2, -0.15) is 0 Å². The maximum absolute atomic E-state index is 2.83. The Hall–Kier alpha value is -2.22. The van der Waals surface area contributed by atoms with Crippen molar-refractivity contribution in [1.82, 2.24) is 0 Å². The van der Waals surface area contributed by atoms with Crippen LogP contribution in [0.3, 0.4) is 0 Å². The van der Waals surface area contributed by atoms with Crippen molar-refractivity contribution in [1.29, 1.82) is 0 Å². The molecule has 2 aromatic rings. The molecular weight excluding hydrogens is 412 g/mol. The summed E-state index contributed by atoms with van der Waals surface area (Å²) in [4.78, 5) is 5.55. The lowest BCUT2D eigenvalue weighted by Crippen LogP contribution is -2.50. The Morgan fingerprint density at radius 1 is 0.706 bits per heavy atom. The Balaban J connectivity index is 1.67. The van der Waals surface area contributed by atoms with E-state index in [2.05, 4.69) is 92.9 Å². The van der Waals surface area contributed by atoms with Crippen molar-refractivity contribution >= 4 is 11.4 Å². The molecule has 180 valence electrons. The second-order valence-electron chi connectivity index (χ2n) is 12.5. The highest BCUT2D eigenvalue weighted by Gasteiger charge is 2.62. The van der Waals surface area contributed by atoms with Gasteiger partial charge in [0.2, 0.25) is 0 Å². The smallest absolute Gasteiger partial charge is 0.115 e. The van der Waals surface area contributed by atoms with E-state index in [-0.39, 0.29) is 17.0 Å². The number of para-hydroxylation sites is 2. The van der Waals surface area contributed by atoms with Crippen molar-refractivity contribution in [3.05, 3.63) is 71.1 Å². The van der Waals surface area contributed by atoms with Crippen LogP contribution in [-0.2, 0) is 5.41 Å². The minimum Gasteiger partial charge on any atom is -0.322 e. The van der Waals surface area contributed by atoms with Crippen LogP contribution < -0.4 is 9.80 Å². The Bertz CT molecular complexity index is 1090. The molecule has 4 aliphatic rings. The van der Waals surface area contributed by atoms with Crippen molar-refractivity contribution in [2.24, 2.45) is 17.3 Å². The number of hydrogen-bond acceptors (Lipinski definition) is 2. The van der Waals surface area contributed by atoms with Crippen LogP contribution in [0.1, 0.15) is 90.2 Å². The molecule has 2 aromatic carbocycles. The van der Waals surface area contributed by atoms with Crippen molar-refractivity contribution in [2.45, 2.75) is 97.6 Å². The van der Waals surface area contributed by atoms with Gasteiger partial charge in [-0.3, -0.25) is 0 Å². The summed E-state index contributed by atoms with van der Waals surface area (Å²) in [5.74, 6) is 1.54. The third-order valence-corrected chi connectivity index (χ3v) is 9.58. The van der Waals surface area contributed by atoms with Gasteiger partial charge in [0.25, 0.3) is 0 Å². The van der Waals surface area contributed by atoms with Crippen LogP contribution in [0, 0.1) is 24.2 Å². The van der Waals surface area contributed by atoms with Crippen molar-refractivity contribution < 1.29 is 0 Å². The summed E-state index contributed by atoms with van der Waals surface area (Å²) in [5, 5.41) is 0. The zero-order valence-electron chi connectivity index (χ0n) is 21.9. The largest absolute Gasteiger partial charge is 0.322 e. The van der Waals surface area contributed by atoms with E-state index in [9.17, 15) is 0 Å². The molecule has 0 spiro atoms. The molecule has 0 saturated heterocycles. The Kier molecular flexibility index (Phi) is 5.17. The highest BCUT2D eigenvalue weighted by Crippen LogP contribution is 2.66. The first kappa shape index (κ1) is 22.3. The Morgan fingerprint density at radius 2 is 1.24 bits per heavy atom. The summed E-state index contributed by atoms with van der Waals surface area (Å²) in [5.41, 5.74) is 9.34. The van der Waals surface area contributed by atoms with E-state index in [4.69, 9.17) is 0 Å². The molecule has 0 radical (unpaired) electrons. The van der Waals surface area contributed by atoms with Crippen LogP contribution in [-0.4, -0.2) is 6.17 Å². The third kappa shape index (κ3) is 2.93. The number of benzene rings is 2. The molecule has 2 aliphatic heterocycles. The molecule has 2 fully saturated rings. The normalized spacial score (nSPS) is 24.9. The zero-order chi connectivity index (χ0) is 23.7. The quantitative estimate of drug-likeness (QED) is 0.458. The molecular formula is C32H42N2. The number of fused-ring (bicyclic) bond motifs is 3. The second-order valence-corrected chi connectivity index (χ2v) is 12.5. The van der Waals surface area contributed by atoms with Crippen LogP contribution in [0.15, 0.2) is 59.9 Å². The summed E-state index contributed by atoms with van der Waals surface area (Å²) in [6.45, 7) is 12.0. The molecule has 6 rings (SSSR count). The van der Waals surface area contributed by atoms with Gasteiger partial charge >= 0.3 is 0 Å². The Morgan fingerprint density at radius 3 is 1.79 bits per heavy atom. The SMILES string of the molecule is CC1=C2N(c3ccccc3C2(C2CCCC2)C2CCCC2)C(C(C)(C)C)N1c1ccccc1C. The monoisotopic (exact) mass is 454 g/mol. The van der Waals surface area contributed by atoms with E-state index in [1.54, 1.807) is 11.3 Å². The van der Waals surface area contributed by atoms with Gasteiger partial charge in [-0.15, -0.1) is 0 Å². The number of rotatable bonds is 3. The first-order valence-corrected chi connectivity index (χ1v) is 13.8. The fourth-order valence-electron chi connectivity index (χ4n) is 8.46. The first-order chi connectivity index (χ1) is 16.4. The molecule has 0 N–H and O–H groups in total. The summed E-state index contributed by atoms with van der Waals surface area (Å²) in [6.07, 6.45) is 11.4. The minimum atomic E-state index is 0.0971. The van der Waals surface area contributed by atoms with E-state index in [1.807, 2.05) is 0 Å². The first-order valence-electron chi connectivity index (χ1n) is 13.8. The van der Waals surface area contributed by atoms with Crippen molar-refractivity contribution in [3.63, 3.8) is 0 Å². The fourth-order valence-corrected chi connectivity index (χ4v) is 8.46. The number of anilines is 2. The molecule has 2 heteroatoms. The van der Waals surface area contributed by atoms with Gasteiger partial charge in [-0.05, 0) is 74.6 Å². The van der Waals surface area contributed by atoms with E-state index in [1.165, 1.54) is 74.0 Å². The van der Waals surface area contributed by atoms with Crippen LogP contribution in [0.25, 0.3) is 0 Å². The van der Waals surface area contributed by atoms with Gasteiger partial charge in [0, 0.05) is 27.9 Å². The van der Waals surface area contributed by atoms with Gasteiger partial charge in [-0.1, -0.05) is 82.9 Å². The summed E-state index contributed by atoms with van der Waals surface area (Å²) < 4.78 is 0. The molecule has 0 aromatic heterocycles. The molecule has 1 unspecified atom stereocenters. The number of hydrogen-bond donors (Lipinski definition) is 0. The lowest BCUT2D eigenvalue weighted by atomic mass is 9.60. The van der Waals surface area contributed by atoms with E-state index < -0.39 is 0 Å². The number of allylic oxidation sites excluding steroid dienone is 2. The predicted octanol–water partition coefficient (Wildman–Crippen LogP) is 8.56. The molecule has 34 heavy (non-hydrogen) atoms. The molecule has 2 aliphatic carbocycles. The lowest BCUT2D eigenvalue weighted by Gasteiger charge is -2.44. The highest BCUT2D eigenvalue weighted by atomic mass is 15.4. The van der Waals surface area contributed by atoms with Gasteiger partial charge in [0.15, 0.2) is 0 Å². The maximum Gasteiger partial charge on any atom is 0.115 e. The van der Waals surface area contributed by atoms with E-state index in [0.717, 1.165) is 11.8 Å². The number of nitrogens with zero attached hydrogens (tertiary/aromatic N) is 2. The van der Waals surface area contributed by atoms with Crippen LogP contribution in [0.4, 0.5) is 11.4 Å². The molecule has 2 heterocycles. The number of aryl methyl sites for hydroxylation is 1. The zero-order valence-corrected chi connectivity index (χ0v) is 21.9. The Labute approximate surface area is 207 Å². The molecule has 0 bridgehead atoms. The van der Waals surface area contributed by atoms with Crippen molar-refractivity contribution in [2.75, 3.05) is 9.80 Å². The van der Waals surface area contributed by atoms with Crippen molar-refractivity contribution in [3.8, 4) is 0 Å². The lowest BCUT2D eigenvalue weighted by molar-refractivity contribution is 0.214.